The van der Waals surface area contributed by atoms with Gasteiger partial charge in [0.05, 0.1) is 0 Å². The molecule has 6 heteroatoms. The van der Waals surface area contributed by atoms with Gasteiger partial charge in [-0.25, -0.2) is 4.57 Å². The van der Waals surface area contributed by atoms with Crippen LogP contribution in [0.2, 0.25) is 0 Å². The fourth-order valence-electron chi connectivity index (χ4n) is 0.159. The SMILES string of the molecule is C=C(O)COP(=O)(O)O. The second kappa shape index (κ2) is 2.98. The molecule has 0 heterocycles. The number of phosphoric ester groups is 1. The maximum absolute atomic E-state index is 9.86. The van der Waals surface area contributed by atoms with Crippen molar-refractivity contribution in [1.29, 1.82) is 0 Å². The van der Waals surface area contributed by atoms with Gasteiger partial charge in [0.2, 0.25) is 0 Å². The largest absolute Gasteiger partial charge is 0.510 e. The van der Waals surface area contributed by atoms with E-state index in [1.807, 2.05) is 0 Å². The summed E-state index contributed by atoms with van der Waals surface area (Å²) in [5.41, 5.74) is 0. The van der Waals surface area contributed by atoms with Crippen molar-refractivity contribution in [2.24, 2.45) is 0 Å². The van der Waals surface area contributed by atoms with Crippen molar-refractivity contribution in [3.63, 3.8) is 0 Å². The van der Waals surface area contributed by atoms with E-state index in [0.717, 1.165) is 0 Å². The first-order chi connectivity index (χ1) is 3.92. The summed E-state index contributed by atoms with van der Waals surface area (Å²) in [6.45, 7) is 2.41. The number of phosphoric acid groups is 1. The maximum atomic E-state index is 9.86. The standard InChI is InChI=1S/C3H7O5P/c1-3(4)2-8-9(5,6)7/h4H,1-2H2,(H2,5,6,7). The normalized spacial score (nSPS) is 11.3. The molecule has 0 atom stereocenters. The molecule has 0 amide bonds. The second-order valence-corrected chi connectivity index (χ2v) is 2.57. The topological polar surface area (TPSA) is 87.0 Å². The molecule has 9 heavy (non-hydrogen) atoms. The zero-order valence-electron chi connectivity index (χ0n) is 4.52. The van der Waals surface area contributed by atoms with Crippen LogP contribution in [0.15, 0.2) is 12.3 Å². The van der Waals surface area contributed by atoms with Gasteiger partial charge in [-0.2, -0.15) is 0 Å². The third-order valence-corrected chi connectivity index (χ3v) is 0.865. The van der Waals surface area contributed by atoms with Crippen LogP contribution in [0.5, 0.6) is 0 Å². The smallest absolute Gasteiger partial charge is 0.470 e. The van der Waals surface area contributed by atoms with Crippen molar-refractivity contribution in [3.8, 4) is 0 Å². The third-order valence-electron chi connectivity index (χ3n) is 0.399. The monoisotopic (exact) mass is 154 g/mol. The van der Waals surface area contributed by atoms with Crippen LogP contribution in [0.4, 0.5) is 0 Å². The average molecular weight is 154 g/mol. The molecular weight excluding hydrogens is 147 g/mol. The predicted octanol–water partition coefficient (Wildman–Crippen LogP) is 0.167. The Hall–Kier alpha value is -0.350. The molecule has 0 spiro atoms. The Morgan fingerprint density at radius 3 is 2.22 bits per heavy atom. The molecule has 54 valence electrons. The first kappa shape index (κ1) is 8.65. The molecule has 0 saturated carbocycles. The van der Waals surface area contributed by atoms with Crippen molar-refractivity contribution in [2.45, 2.75) is 0 Å². The molecule has 3 N–H and O–H groups in total. The summed E-state index contributed by atoms with van der Waals surface area (Å²) in [5.74, 6) is -0.418. The van der Waals surface area contributed by atoms with Crippen LogP contribution in [0.3, 0.4) is 0 Å². The molecule has 0 aliphatic rings. The Kier molecular flexibility index (Phi) is 2.87. The Balaban J connectivity index is 3.53. The first-order valence-electron chi connectivity index (χ1n) is 1.98. The van der Waals surface area contributed by atoms with Gasteiger partial charge in [0.1, 0.15) is 12.4 Å². The summed E-state index contributed by atoms with van der Waals surface area (Å²) in [6.07, 6.45) is 0. The van der Waals surface area contributed by atoms with E-state index in [0.29, 0.717) is 0 Å². The summed E-state index contributed by atoms with van der Waals surface area (Å²) >= 11 is 0. The van der Waals surface area contributed by atoms with Crippen LogP contribution >= 0.6 is 7.82 Å². The minimum atomic E-state index is -4.44. The highest BCUT2D eigenvalue weighted by molar-refractivity contribution is 7.46. The highest BCUT2D eigenvalue weighted by atomic mass is 31.2. The summed E-state index contributed by atoms with van der Waals surface area (Å²) in [6, 6.07) is 0. The van der Waals surface area contributed by atoms with Crippen LogP contribution in [-0.4, -0.2) is 21.5 Å². The predicted molar refractivity (Wildman–Crippen MR) is 29.8 cm³/mol. The number of hydrogen-bond acceptors (Lipinski definition) is 3. The lowest BCUT2D eigenvalue weighted by Gasteiger charge is -2.01. The molecule has 0 aliphatic carbocycles. The quantitative estimate of drug-likeness (QED) is 0.398. The molecule has 0 fully saturated rings. The third kappa shape index (κ3) is 7.65. The Labute approximate surface area is 51.8 Å². The van der Waals surface area contributed by atoms with Gasteiger partial charge < -0.3 is 14.9 Å². The minimum Gasteiger partial charge on any atom is -0.510 e. The summed E-state index contributed by atoms with van der Waals surface area (Å²) in [7, 11) is -4.44. The van der Waals surface area contributed by atoms with Crippen molar-refractivity contribution < 1.29 is 24.0 Å². The van der Waals surface area contributed by atoms with Crippen LogP contribution in [0.1, 0.15) is 0 Å². The maximum Gasteiger partial charge on any atom is 0.470 e. The second-order valence-electron chi connectivity index (χ2n) is 1.33. The molecule has 0 aliphatic heterocycles. The first-order valence-corrected chi connectivity index (χ1v) is 3.51. The molecule has 0 rings (SSSR count). The molecule has 0 saturated heterocycles. The summed E-state index contributed by atoms with van der Waals surface area (Å²) in [5, 5.41) is 8.25. The fraction of sp³-hybridized carbons (Fsp3) is 0.333. The van der Waals surface area contributed by atoms with E-state index in [9.17, 15) is 4.57 Å². The average Bonchev–Trinajstić information content (AvgIpc) is 1.59. The molecule has 5 nitrogen and oxygen atoms in total. The lowest BCUT2D eigenvalue weighted by molar-refractivity contribution is 0.187. The van der Waals surface area contributed by atoms with Gasteiger partial charge in [-0.15, -0.1) is 0 Å². The van der Waals surface area contributed by atoms with Crippen LogP contribution < -0.4 is 0 Å². The van der Waals surface area contributed by atoms with Crippen molar-refractivity contribution in [3.05, 3.63) is 12.3 Å². The van der Waals surface area contributed by atoms with Crippen LogP contribution in [0, 0.1) is 0 Å². The lowest BCUT2D eigenvalue weighted by Crippen LogP contribution is -1.93. The van der Waals surface area contributed by atoms with Crippen LogP contribution in [0.25, 0.3) is 0 Å². The fourth-order valence-corrected chi connectivity index (χ4v) is 0.476. The Bertz CT molecular complexity index is 146. The highest BCUT2D eigenvalue weighted by Crippen LogP contribution is 2.35. The number of rotatable bonds is 3. The molecular formula is C3H7O5P. The van der Waals surface area contributed by atoms with Gasteiger partial charge in [-0.1, -0.05) is 6.58 Å². The zero-order valence-corrected chi connectivity index (χ0v) is 5.41. The molecule has 0 aromatic heterocycles. The van der Waals surface area contributed by atoms with Gasteiger partial charge in [-0.3, -0.25) is 4.52 Å². The van der Waals surface area contributed by atoms with Crippen molar-refractivity contribution in [2.75, 3.05) is 6.61 Å². The summed E-state index contributed by atoms with van der Waals surface area (Å²) in [4.78, 5) is 16.0. The van der Waals surface area contributed by atoms with Gasteiger partial charge in [0.25, 0.3) is 0 Å². The molecule has 0 unspecified atom stereocenters. The van der Waals surface area contributed by atoms with E-state index < -0.39 is 20.2 Å². The molecule has 0 aromatic rings. The molecule has 0 radical (unpaired) electrons. The highest BCUT2D eigenvalue weighted by Gasteiger charge is 2.13. The van der Waals surface area contributed by atoms with Gasteiger partial charge in [-0.05, 0) is 0 Å². The summed E-state index contributed by atoms with van der Waals surface area (Å²) < 4.78 is 13.7. The Morgan fingerprint density at radius 2 is 2.11 bits per heavy atom. The van der Waals surface area contributed by atoms with E-state index >= 15 is 0 Å². The van der Waals surface area contributed by atoms with Crippen LogP contribution in [-0.2, 0) is 9.09 Å². The molecule has 0 bridgehead atoms. The lowest BCUT2D eigenvalue weighted by atomic mass is 10.6. The van der Waals surface area contributed by atoms with Gasteiger partial charge in [0, 0.05) is 0 Å². The van der Waals surface area contributed by atoms with E-state index in [4.69, 9.17) is 14.9 Å². The number of aliphatic hydroxyl groups excluding tert-OH is 1. The minimum absolute atomic E-state index is 0.418. The van der Waals surface area contributed by atoms with Gasteiger partial charge in [0.15, 0.2) is 0 Å². The van der Waals surface area contributed by atoms with E-state index in [1.54, 1.807) is 0 Å². The Morgan fingerprint density at radius 1 is 1.67 bits per heavy atom. The number of aliphatic hydroxyl groups is 1. The van der Waals surface area contributed by atoms with Gasteiger partial charge >= 0.3 is 7.82 Å². The molecule has 0 aromatic carbocycles. The number of hydrogen-bond donors (Lipinski definition) is 3. The van der Waals surface area contributed by atoms with E-state index in [2.05, 4.69) is 11.1 Å². The van der Waals surface area contributed by atoms with E-state index in [1.165, 1.54) is 0 Å². The zero-order chi connectivity index (χ0) is 7.49. The van der Waals surface area contributed by atoms with Crippen molar-refractivity contribution in [1.82, 2.24) is 0 Å². The van der Waals surface area contributed by atoms with E-state index in [-0.39, 0.29) is 0 Å². The van der Waals surface area contributed by atoms with Crippen molar-refractivity contribution >= 4 is 7.82 Å².